The van der Waals surface area contributed by atoms with Crippen LogP contribution in [0.5, 0.6) is 0 Å². The SMILES string of the molecule is N[C@H](Cc1cc(F)c(F)cc1F)C1C[C@H]2CC[C@@H](C1)N2C(=O)CNC(=O)c1cnccn1. The highest BCUT2D eigenvalue weighted by Gasteiger charge is 2.44. The fraction of sp³-hybridized carbons (Fsp3) is 0.455. The largest absolute Gasteiger partial charge is 0.342 e. The number of nitrogens with zero attached hydrogens (tertiary/aromatic N) is 3. The topological polar surface area (TPSA) is 101 Å². The summed E-state index contributed by atoms with van der Waals surface area (Å²) in [7, 11) is 0. The Morgan fingerprint density at radius 1 is 1.09 bits per heavy atom. The molecule has 1 aromatic carbocycles. The van der Waals surface area contributed by atoms with E-state index in [1.807, 2.05) is 4.90 Å². The van der Waals surface area contributed by atoms with Gasteiger partial charge in [0.1, 0.15) is 11.5 Å². The Morgan fingerprint density at radius 2 is 1.78 bits per heavy atom. The van der Waals surface area contributed by atoms with Crippen molar-refractivity contribution in [3.05, 3.63) is 59.4 Å². The van der Waals surface area contributed by atoms with E-state index in [4.69, 9.17) is 5.73 Å². The summed E-state index contributed by atoms with van der Waals surface area (Å²) in [6.07, 6.45) is 7.22. The Balaban J connectivity index is 1.34. The summed E-state index contributed by atoms with van der Waals surface area (Å²) in [6.45, 7) is -0.140. The first-order chi connectivity index (χ1) is 15.3. The van der Waals surface area contributed by atoms with Crippen LogP contribution < -0.4 is 11.1 Å². The molecule has 4 rings (SSSR count). The minimum Gasteiger partial charge on any atom is -0.342 e. The first-order valence-corrected chi connectivity index (χ1v) is 10.6. The van der Waals surface area contributed by atoms with Crippen LogP contribution in [0.1, 0.15) is 41.7 Å². The molecule has 2 aliphatic heterocycles. The number of benzene rings is 1. The monoisotopic (exact) mass is 447 g/mol. The summed E-state index contributed by atoms with van der Waals surface area (Å²) in [5.41, 5.74) is 6.50. The van der Waals surface area contributed by atoms with Gasteiger partial charge in [-0.25, -0.2) is 18.2 Å². The Kier molecular flexibility index (Phi) is 6.40. The summed E-state index contributed by atoms with van der Waals surface area (Å²) < 4.78 is 40.7. The van der Waals surface area contributed by atoms with E-state index in [0.29, 0.717) is 18.9 Å². The average molecular weight is 447 g/mol. The fourth-order valence-corrected chi connectivity index (χ4v) is 4.87. The maximum Gasteiger partial charge on any atom is 0.271 e. The van der Waals surface area contributed by atoms with E-state index in [1.54, 1.807) is 0 Å². The Labute approximate surface area is 183 Å². The number of rotatable bonds is 6. The third-order valence-electron chi connectivity index (χ3n) is 6.40. The lowest BCUT2D eigenvalue weighted by Gasteiger charge is -2.41. The predicted octanol–water partition coefficient (Wildman–Crippen LogP) is 1.96. The Morgan fingerprint density at radius 3 is 2.44 bits per heavy atom. The van der Waals surface area contributed by atoms with Crippen molar-refractivity contribution in [1.82, 2.24) is 20.2 Å². The van der Waals surface area contributed by atoms with E-state index >= 15 is 0 Å². The third-order valence-corrected chi connectivity index (χ3v) is 6.40. The van der Waals surface area contributed by atoms with Crippen LogP contribution in [0.4, 0.5) is 13.2 Å². The quantitative estimate of drug-likeness (QED) is 0.660. The smallest absolute Gasteiger partial charge is 0.271 e. The number of carbonyl (C=O) groups is 2. The van der Waals surface area contributed by atoms with Gasteiger partial charge in [-0.3, -0.25) is 14.6 Å². The first-order valence-electron chi connectivity index (χ1n) is 10.6. The average Bonchev–Trinajstić information content (AvgIpc) is 3.05. The van der Waals surface area contributed by atoms with Crippen LogP contribution in [0.15, 0.2) is 30.7 Å². The van der Waals surface area contributed by atoms with E-state index in [1.165, 1.54) is 18.6 Å². The number of fused-ring (bicyclic) bond motifs is 2. The van der Waals surface area contributed by atoms with Gasteiger partial charge in [-0.2, -0.15) is 0 Å². The maximum absolute atomic E-state index is 14.0. The molecule has 32 heavy (non-hydrogen) atoms. The van der Waals surface area contributed by atoms with Crippen LogP contribution in [0.2, 0.25) is 0 Å². The molecule has 2 aliphatic rings. The minimum absolute atomic E-state index is 0.0134. The van der Waals surface area contributed by atoms with Crippen molar-refractivity contribution in [2.24, 2.45) is 11.7 Å². The van der Waals surface area contributed by atoms with Crippen molar-refractivity contribution in [2.75, 3.05) is 6.54 Å². The summed E-state index contributed by atoms with van der Waals surface area (Å²) in [5.74, 6) is -3.75. The second-order valence-corrected chi connectivity index (χ2v) is 8.42. The van der Waals surface area contributed by atoms with Gasteiger partial charge in [0, 0.05) is 36.6 Å². The second-order valence-electron chi connectivity index (χ2n) is 8.42. The van der Waals surface area contributed by atoms with Gasteiger partial charge >= 0.3 is 0 Å². The molecule has 2 aromatic rings. The van der Waals surface area contributed by atoms with Crippen molar-refractivity contribution >= 4 is 11.8 Å². The molecule has 2 saturated heterocycles. The number of halogens is 3. The van der Waals surface area contributed by atoms with Gasteiger partial charge in [0.05, 0.1) is 12.7 Å². The number of hydrogen-bond donors (Lipinski definition) is 2. The molecule has 0 aliphatic carbocycles. The zero-order valence-corrected chi connectivity index (χ0v) is 17.3. The Bertz CT molecular complexity index is 993. The summed E-state index contributed by atoms with van der Waals surface area (Å²) in [6, 6.07) is 0.932. The van der Waals surface area contributed by atoms with Crippen LogP contribution in [-0.2, 0) is 11.2 Å². The van der Waals surface area contributed by atoms with Crippen molar-refractivity contribution < 1.29 is 22.8 Å². The van der Waals surface area contributed by atoms with Gasteiger partial charge in [0.25, 0.3) is 5.91 Å². The molecule has 2 amide bonds. The summed E-state index contributed by atoms with van der Waals surface area (Å²) in [5, 5.41) is 2.58. The lowest BCUT2D eigenvalue weighted by Crippen LogP contribution is -2.52. The number of carbonyl (C=O) groups excluding carboxylic acids is 2. The lowest BCUT2D eigenvalue weighted by atomic mass is 9.82. The molecule has 4 atom stereocenters. The highest BCUT2D eigenvalue weighted by molar-refractivity contribution is 5.94. The van der Waals surface area contributed by atoms with E-state index in [9.17, 15) is 22.8 Å². The number of amides is 2. The maximum atomic E-state index is 14.0. The molecule has 10 heteroatoms. The van der Waals surface area contributed by atoms with Crippen LogP contribution in [0.3, 0.4) is 0 Å². The number of hydrogen-bond acceptors (Lipinski definition) is 5. The molecular formula is C22H24F3N5O2. The highest BCUT2D eigenvalue weighted by Crippen LogP contribution is 2.40. The number of aromatic nitrogens is 2. The van der Waals surface area contributed by atoms with Crippen LogP contribution in [0.25, 0.3) is 0 Å². The standard InChI is InChI=1S/C22H24F3N5O2/c23-16-9-18(25)17(24)7-12(16)8-19(26)13-5-14-1-2-15(6-13)30(14)21(31)11-29-22(32)20-10-27-3-4-28-20/h3-4,7,9-10,13-15,19H,1-2,5-6,8,11,26H2,(H,29,32)/t13?,14-,15+,19-/m1/s1. The van der Waals surface area contributed by atoms with Crippen LogP contribution in [0, 0.1) is 23.4 Å². The van der Waals surface area contributed by atoms with E-state index in [2.05, 4.69) is 15.3 Å². The van der Waals surface area contributed by atoms with Crippen molar-refractivity contribution in [2.45, 2.75) is 50.2 Å². The normalized spacial score (nSPS) is 23.1. The third kappa shape index (κ3) is 4.59. The second kappa shape index (κ2) is 9.23. The summed E-state index contributed by atoms with van der Waals surface area (Å²) >= 11 is 0. The minimum atomic E-state index is -1.23. The van der Waals surface area contributed by atoms with E-state index in [-0.39, 0.29) is 48.1 Å². The van der Waals surface area contributed by atoms with Crippen LogP contribution in [-0.4, -0.2) is 51.4 Å². The number of nitrogens with one attached hydrogen (secondary N) is 1. The van der Waals surface area contributed by atoms with Gasteiger partial charge in [0.15, 0.2) is 11.6 Å². The van der Waals surface area contributed by atoms with Crippen molar-refractivity contribution in [1.29, 1.82) is 0 Å². The Hall–Kier alpha value is -3.01. The molecule has 0 spiro atoms. The lowest BCUT2D eigenvalue weighted by molar-refractivity contribution is -0.135. The first kappa shape index (κ1) is 22.2. The van der Waals surface area contributed by atoms with E-state index < -0.39 is 29.4 Å². The van der Waals surface area contributed by atoms with Gasteiger partial charge < -0.3 is 16.0 Å². The molecule has 1 unspecified atom stereocenters. The molecular weight excluding hydrogens is 423 g/mol. The predicted molar refractivity (Wildman–Crippen MR) is 109 cm³/mol. The molecule has 170 valence electrons. The van der Waals surface area contributed by atoms with Crippen molar-refractivity contribution in [3.8, 4) is 0 Å². The van der Waals surface area contributed by atoms with Gasteiger partial charge in [0.2, 0.25) is 5.91 Å². The molecule has 0 radical (unpaired) electrons. The molecule has 2 bridgehead atoms. The molecule has 1 aromatic heterocycles. The van der Waals surface area contributed by atoms with Gasteiger partial charge in [-0.05, 0) is 49.7 Å². The number of nitrogens with two attached hydrogens (primary N) is 1. The molecule has 7 nitrogen and oxygen atoms in total. The molecule has 3 heterocycles. The molecule has 2 fully saturated rings. The zero-order valence-electron chi connectivity index (χ0n) is 17.3. The highest BCUT2D eigenvalue weighted by atomic mass is 19.2. The molecule has 0 saturated carbocycles. The van der Waals surface area contributed by atoms with E-state index in [0.717, 1.165) is 18.9 Å². The zero-order chi connectivity index (χ0) is 22.8. The van der Waals surface area contributed by atoms with Gasteiger partial charge in [-0.1, -0.05) is 0 Å². The fourth-order valence-electron chi connectivity index (χ4n) is 4.87. The van der Waals surface area contributed by atoms with Gasteiger partial charge in [-0.15, -0.1) is 0 Å². The van der Waals surface area contributed by atoms with Crippen molar-refractivity contribution in [3.63, 3.8) is 0 Å². The molecule has 3 N–H and O–H groups in total. The number of piperidine rings is 1. The summed E-state index contributed by atoms with van der Waals surface area (Å²) in [4.78, 5) is 34.5. The van der Waals surface area contributed by atoms with Crippen LogP contribution >= 0.6 is 0 Å².